The molecule has 0 atom stereocenters. The second-order valence-electron chi connectivity index (χ2n) is 5.43. The van der Waals surface area contributed by atoms with E-state index >= 15 is 0 Å². The normalized spacial score (nSPS) is 15.3. The molecule has 17 heavy (non-hydrogen) atoms. The second-order valence-corrected chi connectivity index (χ2v) is 5.43. The maximum absolute atomic E-state index is 4.39. The Hall–Kier alpha value is -1.09. The van der Waals surface area contributed by atoms with E-state index in [0.717, 1.165) is 18.8 Å². The van der Waals surface area contributed by atoms with E-state index in [0.29, 0.717) is 12.0 Å². The molecule has 0 bridgehead atoms. The highest BCUT2D eigenvalue weighted by atomic mass is 15.0. The number of rotatable bonds is 6. The van der Waals surface area contributed by atoms with Crippen LogP contribution in [-0.4, -0.2) is 17.6 Å². The predicted molar refractivity (Wildman–Crippen MR) is 72.2 cm³/mol. The lowest BCUT2D eigenvalue weighted by molar-refractivity contribution is 0.552. The van der Waals surface area contributed by atoms with Crippen LogP contribution in [0.2, 0.25) is 0 Å². The topological polar surface area (TPSA) is 37.0 Å². The van der Waals surface area contributed by atoms with Crippen molar-refractivity contribution in [2.24, 2.45) is 5.92 Å². The molecule has 0 unspecified atom stereocenters. The molecule has 0 spiro atoms. The summed E-state index contributed by atoms with van der Waals surface area (Å²) < 4.78 is 0. The lowest BCUT2D eigenvalue weighted by atomic mass is 10.2. The van der Waals surface area contributed by atoms with Crippen molar-refractivity contribution in [1.29, 1.82) is 0 Å². The van der Waals surface area contributed by atoms with Gasteiger partial charge in [0.25, 0.3) is 0 Å². The Balaban J connectivity index is 1.98. The maximum atomic E-state index is 4.39. The summed E-state index contributed by atoms with van der Waals surface area (Å²) in [5.41, 5.74) is 3.63. The van der Waals surface area contributed by atoms with Gasteiger partial charge in [0.05, 0.1) is 0 Å². The summed E-state index contributed by atoms with van der Waals surface area (Å²) in [6.45, 7) is 8.45. The van der Waals surface area contributed by atoms with Crippen LogP contribution in [-0.2, 0) is 6.54 Å². The molecule has 3 heteroatoms. The van der Waals surface area contributed by atoms with Gasteiger partial charge in [-0.15, -0.1) is 0 Å². The van der Waals surface area contributed by atoms with E-state index in [1.807, 2.05) is 13.1 Å². The van der Waals surface area contributed by atoms with Crippen molar-refractivity contribution >= 4 is 5.69 Å². The van der Waals surface area contributed by atoms with Gasteiger partial charge >= 0.3 is 0 Å². The number of anilines is 1. The minimum atomic E-state index is 0.688. The van der Waals surface area contributed by atoms with Crippen molar-refractivity contribution < 1.29 is 0 Å². The highest BCUT2D eigenvalue weighted by Gasteiger charge is 2.21. The van der Waals surface area contributed by atoms with Gasteiger partial charge in [-0.3, -0.25) is 4.98 Å². The fourth-order valence-electron chi connectivity index (χ4n) is 1.81. The molecule has 2 N–H and O–H groups in total. The van der Waals surface area contributed by atoms with Gasteiger partial charge in [0, 0.05) is 35.7 Å². The van der Waals surface area contributed by atoms with E-state index < -0.39 is 0 Å². The standard InChI is InChI=1S/C14H23N3/c1-10(2)7-15-8-12-9-16-11(3)6-14(12)17-13-4-5-13/h6,9-10,13,15H,4-5,7-8H2,1-3H3,(H,16,17). The number of pyridine rings is 1. The van der Waals surface area contributed by atoms with Crippen LogP contribution in [0.3, 0.4) is 0 Å². The largest absolute Gasteiger partial charge is 0.382 e. The van der Waals surface area contributed by atoms with Crippen LogP contribution in [0.5, 0.6) is 0 Å². The quantitative estimate of drug-likeness (QED) is 0.793. The zero-order chi connectivity index (χ0) is 12.3. The molecule has 0 radical (unpaired) electrons. The van der Waals surface area contributed by atoms with Gasteiger partial charge in [-0.25, -0.2) is 0 Å². The summed E-state index contributed by atoms with van der Waals surface area (Å²) in [6, 6.07) is 2.85. The number of hydrogen-bond donors (Lipinski definition) is 2. The first-order chi connectivity index (χ1) is 8.15. The smallest absolute Gasteiger partial charge is 0.0421 e. The Labute approximate surface area is 104 Å². The highest BCUT2D eigenvalue weighted by Crippen LogP contribution is 2.26. The van der Waals surface area contributed by atoms with Crippen LogP contribution in [0.4, 0.5) is 5.69 Å². The molecule has 1 aromatic rings. The molecular formula is C14H23N3. The SMILES string of the molecule is Cc1cc(NC2CC2)c(CNCC(C)C)cn1. The summed E-state index contributed by atoms with van der Waals surface area (Å²) in [6.07, 6.45) is 4.60. The third-order valence-electron chi connectivity index (χ3n) is 2.93. The molecule has 0 saturated heterocycles. The van der Waals surface area contributed by atoms with Crippen molar-refractivity contribution in [3.8, 4) is 0 Å². The van der Waals surface area contributed by atoms with Gasteiger partial charge in [0.1, 0.15) is 0 Å². The molecule has 1 aliphatic carbocycles. The lowest BCUT2D eigenvalue weighted by Gasteiger charge is -2.13. The maximum Gasteiger partial charge on any atom is 0.0421 e. The minimum absolute atomic E-state index is 0.688. The molecule has 2 rings (SSSR count). The Morgan fingerprint density at radius 1 is 1.41 bits per heavy atom. The average Bonchev–Trinajstić information content (AvgIpc) is 3.05. The lowest BCUT2D eigenvalue weighted by Crippen LogP contribution is -2.20. The van der Waals surface area contributed by atoms with Crippen LogP contribution in [0, 0.1) is 12.8 Å². The molecule has 1 fully saturated rings. The van der Waals surface area contributed by atoms with E-state index in [1.54, 1.807) is 0 Å². The Morgan fingerprint density at radius 2 is 2.18 bits per heavy atom. The van der Waals surface area contributed by atoms with Crippen molar-refractivity contribution in [3.05, 3.63) is 23.5 Å². The molecule has 3 nitrogen and oxygen atoms in total. The first-order valence-electron chi connectivity index (χ1n) is 6.58. The molecule has 0 aliphatic heterocycles. The molecule has 94 valence electrons. The summed E-state index contributed by atoms with van der Waals surface area (Å²) in [5, 5.41) is 7.06. The molecule has 0 aromatic carbocycles. The molecule has 1 saturated carbocycles. The van der Waals surface area contributed by atoms with E-state index in [4.69, 9.17) is 0 Å². The summed E-state index contributed by atoms with van der Waals surface area (Å²) in [4.78, 5) is 4.39. The third-order valence-corrected chi connectivity index (χ3v) is 2.93. The minimum Gasteiger partial charge on any atom is -0.382 e. The van der Waals surface area contributed by atoms with E-state index in [9.17, 15) is 0 Å². The summed E-state index contributed by atoms with van der Waals surface area (Å²) in [5.74, 6) is 0.688. The second kappa shape index (κ2) is 5.50. The van der Waals surface area contributed by atoms with Gasteiger partial charge in [-0.05, 0) is 38.3 Å². The number of aryl methyl sites for hydroxylation is 1. The van der Waals surface area contributed by atoms with E-state index in [1.165, 1.54) is 24.1 Å². The third kappa shape index (κ3) is 4.00. The Kier molecular flexibility index (Phi) is 4.00. The van der Waals surface area contributed by atoms with Crippen molar-refractivity contribution in [1.82, 2.24) is 10.3 Å². The predicted octanol–water partition coefficient (Wildman–Crippen LogP) is 2.71. The summed E-state index contributed by atoms with van der Waals surface area (Å²) in [7, 11) is 0. The van der Waals surface area contributed by atoms with Gasteiger partial charge in [0.15, 0.2) is 0 Å². The first-order valence-corrected chi connectivity index (χ1v) is 6.58. The van der Waals surface area contributed by atoms with Crippen molar-refractivity contribution in [3.63, 3.8) is 0 Å². The average molecular weight is 233 g/mol. The van der Waals surface area contributed by atoms with E-state index in [-0.39, 0.29) is 0 Å². The zero-order valence-corrected chi connectivity index (χ0v) is 11.1. The highest BCUT2D eigenvalue weighted by molar-refractivity contribution is 5.52. The molecule has 1 heterocycles. The first kappa shape index (κ1) is 12.4. The van der Waals surface area contributed by atoms with Crippen molar-refractivity contribution in [2.75, 3.05) is 11.9 Å². The Bertz CT molecular complexity index is 370. The van der Waals surface area contributed by atoms with Gasteiger partial charge in [0.2, 0.25) is 0 Å². The molecule has 1 aromatic heterocycles. The van der Waals surface area contributed by atoms with Crippen LogP contribution >= 0.6 is 0 Å². The van der Waals surface area contributed by atoms with Crippen LogP contribution in [0.25, 0.3) is 0 Å². The van der Waals surface area contributed by atoms with Gasteiger partial charge < -0.3 is 10.6 Å². The molecule has 0 amide bonds. The van der Waals surface area contributed by atoms with Gasteiger partial charge in [-0.2, -0.15) is 0 Å². The number of aromatic nitrogens is 1. The fourth-order valence-corrected chi connectivity index (χ4v) is 1.81. The van der Waals surface area contributed by atoms with Crippen LogP contribution < -0.4 is 10.6 Å². The number of hydrogen-bond acceptors (Lipinski definition) is 3. The summed E-state index contributed by atoms with van der Waals surface area (Å²) >= 11 is 0. The van der Waals surface area contributed by atoms with Crippen molar-refractivity contribution in [2.45, 2.75) is 46.2 Å². The fraction of sp³-hybridized carbons (Fsp3) is 0.643. The van der Waals surface area contributed by atoms with E-state index in [2.05, 4.69) is 35.5 Å². The van der Waals surface area contributed by atoms with Crippen LogP contribution in [0.1, 0.15) is 37.9 Å². The van der Waals surface area contributed by atoms with Crippen LogP contribution in [0.15, 0.2) is 12.3 Å². The van der Waals surface area contributed by atoms with Gasteiger partial charge in [-0.1, -0.05) is 13.8 Å². The monoisotopic (exact) mass is 233 g/mol. The Morgan fingerprint density at radius 3 is 2.82 bits per heavy atom. The zero-order valence-electron chi connectivity index (χ0n) is 11.1. The number of nitrogens with zero attached hydrogens (tertiary/aromatic N) is 1. The molecule has 1 aliphatic rings. The number of nitrogens with one attached hydrogen (secondary N) is 2. The molecular weight excluding hydrogens is 210 g/mol.